The van der Waals surface area contributed by atoms with E-state index >= 15 is 0 Å². The van der Waals surface area contributed by atoms with Crippen LogP contribution in [0.1, 0.15) is 46.5 Å². The van der Waals surface area contributed by atoms with Crippen molar-refractivity contribution in [2.24, 2.45) is 11.8 Å². The summed E-state index contributed by atoms with van der Waals surface area (Å²) in [5, 5.41) is 3.44. The number of carbonyl (C=O) groups excluding carboxylic acids is 1. The Bertz CT molecular complexity index is 191. The molecule has 1 saturated heterocycles. The van der Waals surface area contributed by atoms with Crippen LogP contribution in [0.3, 0.4) is 0 Å². The van der Waals surface area contributed by atoms with Gasteiger partial charge in [-0.2, -0.15) is 0 Å². The minimum Gasteiger partial charge on any atom is -0.314 e. The van der Waals surface area contributed by atoms with E-state index in [9.17, 15) is 4.79 Å². The summed E-state index contributed by atoms with van der Waals surface area (Å²) in [6, 6.07) is 0.445. The Morgan fingerprint density at radius 2 is 2.29 bits per heavy atom. The van der Waals surface area contributed by atoms with Crippen molar-refractivity contribution in [3.05, 3.63) is 0 Å². The molecule has 0 amide bonds. The molecule has 1 rings (SSSR count). The first-order valence-corrected chi connectivity index (χ1v) is 5.89. The monoisotopic (exact) mass is 197 g/mol. The Kier molecular flexibility index (Phi) is 4.59. The first-order chi connectivity index (χ1) is 6.63. The number of rotatable bonds is 4. The molecule has 3 unspecified atom stereocenters. The fraction of sp³-hybridized carbons (Fsp3) is 0.917. The molecule has 0 spiro atoms. The highest BCUT2D eigenvalue weighted by Crippen LogP contribution is 2.19. The molecule has 14 heavy (non-hydrogen) atoms. The third-order valence-electron chi connectivity index (χ3n) is 3.37. The molecule has 1 fully saturated rings. The van der Waals surface area contributed by atoms with Crippen molar-refractivity contribution in [1.82, 2.24) is 5.32 Å². The van der Waals surface area contributed by atoms with Crippen LogP contribution < -0.4 is 5.32 Å². The average Bonchev–Trinajstić information content (AvgIpc) is 2.16. The smallest absolute Gasteiger partial charge is 0.137 e. The first kappa shape index (κ1) is 11.7. The van der Waals surface area contributed by atoms with Gasteiger partial charge in [-0.3, -0.25) is 4.79 Å². The van der Waals surface area contributed by atoms with Gasteiger partial charge in [0, 0.05) is 18.4 Å². The van der Waals surface area contributed by atoms with Gasteiger partial charge in [0.1, 0.15) is 5.78 Å². The Morgan fingerprint density at radius 1 is 1.57 bits per heavy atom. The Hall–Kier alpha value is -0.370. The zero-order chi connectivity index (χ0) is 10.6. The number of nitrogens with one attached hydrogen (secondary N) is 1. The SMILES string of the molecule is CCC(C)C(=O)CC1CC(C)CCN1. The largest absolute Gasteiger partial charge is 0.314 e. The third kappa shape index (κ3) is 3.41. The van der Waals surface area contributed by atoms with Gasteiger partial charge in [0.25, 0.3) is 0 Å². The van der Waals surface area contributed by atoms with E-state index in [-0.39, 0.29) is 5.92 Å². The minimum absolute atomic E-state index is 0.244. The van der Waals surface area contributed by atoms with E-state index < -0.39 is 0 Å². The number of carbonyl (C=O) groups is 1. The standard InChI is InChI=1S/C12H23NO/c1-4-10(3)12(14)8-11-7-9(2)5-6-13-11/h9-11,13H,4-8H2,1-3H3. The van der Waals surface area contributed by atoms with E-state index in [1.54, 1.807) is 0 Å². The molecule has 1 aliphatic rings. The number of hydrogen-bond donors (Lipinski definition) is 1. The van der Waals surface area contributed by atoms with Gasteiger partial charge in [-0.15, -0.1) is 0 Å². The van der Waals surface area contributed by atoms with Crippen molar-refractivity contribution in [3.63, 3.8) is 0 Å². The topological polar surface area (TPSA) is 29.1 Å². The molecular weight excluding hydrogens is 174 g/mol. The van der Waals surface area contributed by atoms with Crippen LogP contribution >= 0.6 is 0 Å². The molecule has 0 aromatic heterocycles. The molecule has 1 N–H and O–H groups in total. The molecule has 1 heterocycles. The minimum atomic E-state index is 0.244. The summed E-state index contributed by atoms with van der Waals surface area (Å²) in [6.45, 7) is 7.48. The van der Waals surface area contributed by atoms with Gasteiger partial charge in [0.05, 0.1) is 0 Å². The van der Waals surface area contributed by atoms with Crippen LogP contribution in [0.4, 0.5) is 0 Å². The lowest BCUT2D eigenvalue weighted by molar-refractivity contribution is -0.123. The number of piperidine rings is 1. The lowest BCUT2D eigenvalue weighted by Crippen LogP contribution is -2.39. The van der Waals surface area contributed by atoms with Gasteiger partial charge < -0.3 is 5.32 Å². The van der Waals surface area contributed by atoms with Crippen molar-refractivity contribution in [2.75, 3.05) is 6.54 Å². The summed E-state index contributed by atoms with van der Waals surface area (Å²) in [4.78, 5) is 11.7. The Balaban J connectivity index is 2.32. The summed E-state index contributed by atoms with van der Waals surface area (Å²) >= 11 is 0. The maximum absolute atomic E-state index is 11.7. The van der Waals surface area contributed by atoms with E-state index in [1.807, 2.05) is 6.92 Å². The summed E-state index contributed by atoms with van der Waals surface area (Å²) in [7, 11) is 0. The second-order valence-electron chi connectivity index (χ2n) is 4.76. The molecule has 0 bridgehead atoms. The van der Waals surface area contributed by atoms with Crippen LogP contribution in [0, 0.1) is 11.8 Å². The highest BCUT2D eigenvalue weighted by molar-refractivity contribution is 5.81. The maximum Gasteiger partial charge on any atom is 0.137 e. The van der Waals surface area contributed by atoms with E-state index in [4.69, 9.17) is 0 Å². The second kappa shape index (κ2) is 5.50. The molecule has 1 aliphatic heterocycles. The predicted molar refractivity (Wildman–Crippen MR) is 59.3 cm³/mol. The molecule has 0 aliphatic carbocycles. The van der Waals surface area contributed by atoms with E-state index in [1.165, 1.54) is 12.8 Å². The molecule has 0 aromatic carbocycles. The van der Waals surface area contributed by atoms with Gasteiger partial charge in [-0.1, -0.05) is 20.8 Å². The molecule has 82 valence electrons. The molecular formula is C12H23NO. The van der Waals surface area contributed by atoms with Crippen LogP contribution in [0.2, 0.25) is 0 Å². The third-order valence-corrected chi connectivity index (χ3v) is 3.37. The van der Waals surface area contributed by atoms with Gasteiger partial charge in [0.15, 0.2) is 0 Å². The molecule has 2 heteroatoms. The van der Waals surface area contributed by atoms with Crippen molar-refractivity contribution in [2.45, 2.75) is 52.5 Å². The van der Waals surface area contributed by atoms with Crippen LogP contribution in [0.15, 0.2) is 0 Å². The summed E-state index contributed by atoms with van der Waals surface area (Å²) < 4.78 is 0. The predicted octanol–water partition coefficient (Wildman–Crippen LogP) is 2.38. The van der Waals surface area contributed by atoms with E-state index in [0.29, 0.717) is 11.8 Å². The van der Waals surface area contributed by atoms with E-state index in [2.05, 4.69) is 19.2 Å². The molecule has 0 saturated carbocycles. The second-order valence-corrected chi connectivity index (χ2v) is 4.76. The number of ketones is 1. The molecule has 2 nitrogen and oxygen atoms in total. The fourth-order valence-corrected chi connectivity index (χ4v) is 2.05. The lowest BCUT2D eigenvalue weighted by atomic mass is 9.89. The van der Waals surface area contributed by atoms with Crippen LogP contribution in [-0.4, -0.2) is 18.4 Å². The van der Waals surface area contributed by atoms with Crippen LogP contribution in [0.25, 0.3) is 0 Å². The summed E-state index contributed by atoms with van der Waals surface area (Å²) in [6.07, 6.45) is 4.14. The van der Waals surface area contributed by atoms with Gasteiger partial charge in [0.2, 0.25) is 0 Å². The molecule has 3 atom stereocenters. The number of hydrogen-bond acceptors (Lipinski definition) is 2. The quantitative estimate of drug-likeness (QED) is 0.749. The number of Topliss-reactive ketones (excluding diaryl/α,β-unsaturated/α-hetero) is 1. The summed E-state index contributed by atoms with van der Waals surface area (Å²) in [5.41, 5.74) is 0. The maximum atomic E-state index is 11.7. The highest BCUT2D eigenvalue weighted by Gasteiger charge is 2.22. The Morgan fingerprint density at radius 3 is 2.86 bits per heavy atom. The fourth-order valence-electron chi connectivity index (χ4n) is 2.05. The Labute approximate surface area is 87.5 Å². The van der Waals surface area contributed by atoms with Crippen molar-refractivity contribution < 1.29 is 4.79 Å². The normalized spacial score (nSPS) is 29.9. The van der Waals surface area contributed by atoms with Crippen LogP contribution in [-0.2, 0) is 4.79 Å². The van der Waals surface area contributed by atoms with Crippen molar-refractivity contribution in [3.8, 4) is 0 Å². The lowest BCUT2D eigenvalue weighted by Gasteiger charge is -2.28. The van der Waals surface area contributed by atoms with Crippen molar-refractivity contribution in [1.29, 1.82) is 0 Å². The summed E-state index contributed by atoms with van der Waals surface area (Å²) in [5.74, 6) is 1.46. The zero-order valence-electron chi connectivity index (χ0n) is 9.68. The zero-order valence-corrected chi connectivity index (χ0v) is 9.68. The van der Waals surface area contributed by atoms with E-state index in [0.717, 1.165) is 25.3 Å². The average molecular weight is 197 g/mol. The molecule has 0 radical (unpaired) electrons. The first-order valence-electron chi connectivity index (χ1n) is 5.89. The molecule has 0 aromatic rings. The van der Waals surface area contributed by atoms with Crippen LogP contribution in [0.5, 0.6) is 0 Å². The highest BCUT2D eigenvalue weighted by atomic mass is 16.1. The van der Waals surface area contributed by atoms with Gasteiger partial charge in [-0.25, -0.2) is 0 Å². The van der Waals surface area contributed by atoms with Crippen molar-refractivity contribution >= 4 is 5.78 Å². The van der Waals surface area contributed by atoms with Gasteiger partial charge in [-0.05, 0) is 31.7 Å². The van der Waals surface area contributed by atoms with Gasteiger partial charge >= 0.3 is 0 Å².